The number of carboxylic acid groups (broad SMARTS) is 1. The van der Waals surface area contributed by atoms with Gasteiger partial charge in [0.2, 0.25) is 0 Å². The predicted octanol–water partition coefficient (Wildman–Crippen LogP) is 2.00. The van der Waals surface area contributed by atoms with Crippen molar-refractivity contribution in [3.8, 4) is 0 Å². The van der Waals surface area contributed by atoms with Crippen LogP contribution in [0.5, 0.6) is 0 Å². The van der Waals surface area contributed by atoms with E-state index >= 15 is 0 Å². The lowest BCUT2D eigenvalue weighted by Crippen LogP contribution is -2.54. The Kier molecular flexibility index (Phi) is 4.84. The number of nitrogens with zero attached hydrogens (tertiary/aromatic N) is 1. The number of hydrogen-bond acceptors (Lipinski definition) is 2. The minimum atomic E-state index is -0.808. The standard InChI is InChI=1S/C14H17ClN2O3/c15-12-3-1-10(2-4-12)5-6-16-14(20)17-8-11(9-17)7-13(18)19/h1-4,11H,5-9H2,(H,16,20)(H,18,19). The van der Waals surface area contributed by atoms with Gasteiger partial charge in [0.25, 0.3) is 0 Å². The normalized spacial score (nSPS) is 14.8. The van der Waals surface area contributed by atoms with E-state index in [9.17, 15) is 9.59 Å². The molecule has 1 saturated heterocycles. The minimum absolute atomic E-state index is 0.0921. The van der Waals surface area contributed by atoms with Crippen molar-refractivity contribution in [1.82, 2.24) is 10.2 Å². The number of nitrogens with one attached hydrogen (secondary N) is 1. The van der Waals surface area contributed by atoms with Gasteiger partial charge in [-0.1, -0.05) is 23.7 Å². The van der Waals surface area contributed by atoms with Gasteiger partial charge in [0, 0.05) is 30.6 Å². The first-order valence-corrected chi connectivity index (χ1v) is 6.91. The predicted molar refractivity (Wildman–Crippen MR) is 75.9 cm³/mol. The van der Waals surface area contributed by atoms with Crippen LogP contribution in [-0.2, 0) is 11.2 Å². The molecule has 1 fully saturated rings. The van der Waals surface area contributed by atoms with Gasteiger partial charge in [-0.25, -0.2) is 4.79 Å². The van der Waals surface area contributed by atoms with E-state index in [2.05, 4.69) is 5.32 Å². The lowest BCUT2D eigenvalue weighted by molar-refractivity contribution is -0.139. The first kappa shape index (κ1) is 14.7. The number of hydrogen-bond donors (Lipinski definition) is 2. The van der Waals surface area contributed by atoms with Crippen LogP contribution in [0.2, 0.25) is 5.02 Å². The fraction of sp³-hybridized carbons (Fsp3) is 0.429. The molecule has 1 aromatic rings. The van der Waals surface area contributed by atoms with Crippen LogP contribution >= 0.6 is 11.6 Å². The van der Waals surface area contributed by atoms with Crippen LogP contribution in [0, 0.1) is 5.92 Å². The summed E-state index contributed by atoms with van der Waals surface area (Å²) >= 11 is 5.80. The highest BCUT2D eigenvalue weighted by atomic mass is 35.5. The molecule has 5 nitrogen and oxygen atoms in total. The molecule has 2 N–H and O–H groups in total. The fourth-order valence-electron chi connectivity index (χ4n) is 2.19. The lowest BCUT2D eigenvalue weighted by atomic mass is 9.97. The molecule has 1 aromatic carbocycles. The Morgan fingerprint density at radius 1 is 1.30 bits per heavy atom. The maximum absolute atomic E-state index is 11.7. The highest BCUT2D eigenvalue weighted by Crippen LogP contribution is 2.18. The Balaban J connectivity index is 1.64. The van der Waals surface area contributed by atoms with Gasteiger partial charge in [0.15, 0.2) is 0 Å². The highest BCUT2D eigenvalue weighted by molar-refractivity contribution is 6.30. The molecule has 0 atom stereocenters. The van der Waals surface area contributed by atoms with E-state index in [1.165, 1.54) is 0 Å². The maximum Gasteiger partial charge on any atom is 0.317 e. The van der Waals surface area contributed by atoms with Crippen LogP contribution in [-0.4, -0.2) is 41.6 Å². The zero-order valence-electron chi connectivity index (χ0n) is 11.0. The van der Waals surface area contributed by atoms with Crippen molar-refractivity contribution in [2.24, 2.45) is 5.92 Å². The summed E-state index contributed by atoms with van der Waals surface area (Å²) in [4.78, 5) is 23.9. The number of benzene rings is 1. The van der Waals surface area contributed by atoms with Crippen LogP contribution in [0.3, 0.4) is 0 Å². The summed E-state index contributed by atoms with van der Waals surface area (Å²) in [6, 6.07) is 7.39. The van der Waals surface area contributed by atoms with Crippen LogP contribution in [0.4, 0.5) is 4.79 Å². The maximum atomic E-state index is 11.7. The van der Waals surface area contributed by atoms with Crippen molar-refractivity contribution >= 4 is 23.6 Å². The van der Waals surface area contributed by atoms with Gasteiger partial charge in [-0.05, 0) is 24.1 Å². The van der Waals surface area contributed by atoms with Gasteiger partial charge in [-0.15, -0.1) is 0 Å². The number of carboxylic acids is 1. The molecule has 2 rings (SSSR count). The van der Waals surface area contributed by atoms with Gasteiger partial charge in [-0.3, -0.25) is 4.79 Å². The number of urea groups is 1. The molecule has 1 aliphatic rings. The van der Waals surface area contributed by atoms with Gasteiger partial charge in [0.05, 0.1) is 6.42 Å². The molecule has 0 spiro atoms. The molecule has 0 saturated carbocycles. The van der Waals surface area contributed by atoms with E-state index in [0.717, 1.165) is 12.0 Å². The van der Waals surface area contributed by atoms with Crippen molar-refractivity contribution in [3.05, 3.63) is 34.9 Å². The lowest BCUT2D eigenvalue weighted by Gasteiger charge is -2.38. The number of amides is 2. The summed E-state index contributed by atoms with van der Waals surface area (Å²) in [5, 5.41) is 12.2. The molecule has 1 aliphatic heterocycles. The third kappa shape index (κ3) is 4.13. The molecule has 2 amide bonds. The largest absolute Gasteiger partial charge is 0.481 e. The monoisotopic (exact) mass is 296 g/mol. The summed E-state index contributed by atoms with van der Waals surface area (Å²) in [6.07, 6.45) is 0.879. The Bertz CT molecular complexity index is 484. The van der Waals surface area contributed by atoms with Gasteiger partial charge in [0.1, 0.15) is 0 Å². The van der Waals surface area contributed by atoms with E-state index in [-0.39, 0.29) is 18.4 Å². The minimum Gasteiger partial charge on any atom is -0.481 e. The molecule has 1 heterocycles. The molecular formula is C14H17ClN2O3. The summed E-state index contributed by atoms with van der Waals surface area (Å²) in [5.41, 5.74) is 1.11. The van der Waals surface area contributed by atoms with Crippen LogP contribution in [0.1, 0.15) is 12.0 Å². The first-order valence-electron chi connectivity index (χ1n) is 6.53. The van der Waals surface area contributed by atoms with Gasteiger partial charge in [-0.2, -0.15) is 0 Å². The highest BCUT2D eigenvalue weighted by Gasteiger charge is 2.31. The van der Waals surface area contributed by atoms with E-state index in [1.54, 1.807) is 4.90 Å². The Hall–Kier alpha value is -1.75. The van der Waals surface area contributed by atoms with E-state index in [1.807, 2.05) is 24.3 Å². The molecule has 0 radical (unpaired) electrons. The van der Waals surface area contributed by atoms with Gasteiger partial charge >= 0.3 is 12.0 Å². The zero-order valence-corrected chi connectivity index (χ0v) is 11.8. The molecule has 0 aliphatic carbocycles. The number of aliphatic carboxylic acids is 1. The zero-order chi connectivity index (χ0) is 14.5. The topological polar surface area (TPSA) is 69.6 Å². The molecule has 0 unspecified atom stereocenters. The van der Waals surface area contributed by atoms with E-state index < -0.39 is 5.97 Å². The van der Waals surface area contributed by atoms with Gasteiger partial charge < -0.3 is 15.3 Å². The van der Waals surface area contributed by atoms with Crippen LogP contribution < -0.4 is 5.32 Å². The summed E-state index contributed by atoms with van der Waals surface area (Å²) in [7, 11) is 0. The number of carbonyl (C=O) groups excluding carboxylic acids is 1. The summed E-state index contributed by atoms with van der Waals surface area (Å²) in [5.74, 6) is -0.715. The molecule has 108 valence electrons. The molecular weight excluding hydrogens is 280 g/mol. The SMILES string of the molecule is O=C(O)CC1CN(C(=O)NCCc2ccc(Cl)cc2)C1. The summed E-state index contributed by atoms with van der Waals surface area (Å²) in [6.45, 7) is 1.61. The number of rotatable bonds is 5. The van der Waals surface area contributed by atoms with Crippen molar-refractivity contribution in [3.63, 3.8) is 0 Å². The average molecular weight is 297 g/mol. The second kappa shape index (κ2) is 6.61. The number of likely N-dealkylation sites (tertiary alicyclic amines) is 1. The third-order valence-electron chi connectivity index (χ3n) is 3.31. The molecule has 0 aromatic heterocycles. The molecule has 0 bridgehead atoms. The average Bonchev–Trinajstić information content (AvgIpc) is 2.35. The Morgan fingerprint density at radius 2 is 1.95 bits per heavy atom. The van der Waals surface area contributed by atoms with E-state index in [0.29, 0.717) is 24.7 Å². The first-order chi connectivity index (χ1) is 9.54. The smallest absolute Gasteiger partial charge is 0.317 e. The number of carbonyl (C=O) groups is 2. The summed E-state index contributed by atoms with van der Waals surface area (Å²) < 4.78 is 0. The Morgan fingerprint density at radius 3 is 2.55 bits per heavy atom. The van der Waals surface area contributed by atoms with E-state index in [4.69, 9.17) is 16.7 Å². The second-order valence-corrected chi connectivity index (χ2v) is 5.41. The van der Waals surface area contributed by atoms with Crippen molar-refractivity contribution < 1.29 is 14.7 Å². The fourth-order valence-corrected chi connectivity index (χ4v) is 2.31. The Labute approximate surface area is 122 Å². The molecule has 6 heteroatoms. The van der Waals surface area contributed by atoms with Crippen molar-refractivity contribution in [2.75, 3.05) is 19.6 Å². The quantitative estimate of drug-likeness (QED) is 0.873. The number of halogens is 1. The van der Waals surface area contributed by atoms with Crippen LogP contribution in [0.15, 0.2) is 24.3 Å². The third-order valence-corrected chi connectivity index (χ3v) is 3.56. The second-order valence-electron chi connectivity index (χ2n) is 4.98. The van der Waals surface area contributed by atoms with Crippen molar-refractivity contribution in [1.29, 1.82) is 0 Å². The molecule has 20 heavy (non-hydrogen) atoms. The van der Waals surface area contributed by atoms with Crippen molar-refractivity contribution in [2.45, 2.75) is 12.8 Å². The van der Waals surface area contributed by atoms with Crippen LogP contribution in [0.25, 0.3) is 0 Å².